The first-order chi connectivity index (χ1) is 12.2. The summed E-state index contributed by atoms with van der Waals surface area (Å²) >= 11 is 0. The van der Waals surface area contributed by atoms with E-state index in [-0.39, 0.29) is 5.91 Å². The van der Waals surface area contributed by atoms with Crippen molar-refractivity contribution in [3.8, 4) is 0 Å². The van der Waals surface area contributed by atoms with Crippen molar-refractivity contribution < 1.29 is 4.79 Å². The average Bonchev–Trinajstić information content (AvgIpc) is 3.17. The molecule has 1 amide bonds. The first-order valence-electron chi connectivity index (χ1n) is 9.14. The summed E-state index contributed by atoms with van der Waals surface area (Å²) in [6, 6.07) is 10.6. The fourth-order valence-electron chi connectivity index (χ4n) is 3.99. The molecule has 0 N–H and O–H groups in total. The zero-order valence-corrected chi connectivity index (χ0v) is 14.8. The molecule has 25 heavy (non-hydrogen) atoms. The van der Waals surface area contributed by atoms with Crippen molar-refractivity contribution in [1.82, 2.24) is 24.6 Å². The molecule has 3 heterocycles. The van der Waals surface area contributed by atoms with Crippen molar-refractivity contribution in [1.29, 1.82) is 0 Å². The van der Waals surface area contributed by atoms with Crippen LogP contribution in [0.25, 0.3) is 0 Å². The minimum absolute atomic E-state index is 0.148. The lowest BCUT2D eigenvalue weighted by Crippen LogP contribution is -2.31. The van der Waals surface area contributed by atoms with E-state index in [9.17, 15) is 4.79 Å². The molecule has 1 saturated heterocycles. The topological polar surface area (TPSA) is 54.3 Å². The number of hydrogen-bond acceptors (Lipinski definition) is 4. The summed E-state index contributed by atoms with van der Waals surface area (Å²) in [7, 11) is 0. The molecular weight excluding hydrogens is 314 g/mol. The van der Waals surface area contributed by atoms with Gasteiger partial charge in [0.25, 0.3) is 0 Å². The van der Waals surface area contributed by atoms with Crippen LogP contribution in [0.5, 0.6) is 0 Å². The summed E-state index contributed by atoms with van der Waals surface area (Å²) in [6.45, 7) is 7.09. The summed E-state index contributed by atoms with van der Waals surface area (Å²) in [5.74, 6) is 2.72. The Labute approximate surface area is 148 Å². The summed E-state index contributed by atoms with van der Waals surface area (Å²) in [6.07, 6.45) is 1.93. The summed E-state index contributed by atoms with van der Waals surface area (Å²) in [5.41, 5.74) is 1.36. The van der Waals surface area contributed by atoms with E-state index in [4.69, 9.17) is 0 Å². The third-order valence-electron chi connectivity index (χ3n) is 5.39. The van der Waals surface area contributed by atoms with Crippen LogP contribution in [0, 0.1) is 0 Å². The molecule has 0 radical (unpaired) electrons. The Morgan fingerprint density at radius 3 is 2.76 bits per heavy atom. The smallest absolute Gasteiger partial charge is 0.219 e. The lowest BCUT2D eigenvalue weighted by molar-refractivity contribution is -0.128. The predicted octanol–water partition coefficient (Wildman–Crippen LogP) is 1.67. The van der Waals surface area contributed by atoms with E-state index >= 15 is 0 Å². The second kappa shape index (κ2) is 6.96. The zero-order valence-electron chi connectivity index (χ0n) is 14.8. The molecule has 2 aliphatic heterocycles. The molecule has 4 rings (SSSR count). The van der Waals surface area contributed by atoms with Gasteiger partial charge in [-0.3, -0.25) is 9.69 Å². The van der Waals surface area contributed by atoms with Crippen molar-refractivity contribution in [2.75, 3.05) is 26.2 Å². The first kappa shape index (κ1) is 16.3. The Hall–Kier alpha value is -2.21. The van der Waals surface area contributed by atoms with Crippen molar-refractivity contribution >= 4 is 5.91 Å². The number of likely N-dealkylation sites (tertiary alicyclic amines) is 1. The molecule has 1 aromatic carbocycles. The van der Waals surface area contributed by atoms with Gasteiger partial charge in [0.2, 0.25) is 5.91 Å². The van der Waals surface area contributed by atoms with Gasteiger partial charge in [-0.25, -0.2) is 0 Å². The van der Waals surface area contributed by atoms with Crippen molar-refractivity contribution in [2.24, 2.45) is 0 Å². The molecule has 132 valence electrons. The fourth-order valence-corrected chi connectivity index (χ4v) is 3.99. The molecule has 6 heteroatoms. The molecule has 6 nitrogen and oxygen atoms in total. The van der Waals surface area contributed by atoms with E-state index in [1.165, 1.54) is 5.56 Å². The van der Waals surface area contributed by atoms with Gasteiger partial charge in [-0.1, -0.05) is 30.3 Å². The first-order valence-corrected chi connectivity index (χ1v) is 9.14. The van der Waals surface area contributed by atoms with Gasteiger partial charge in [-0.05, 0) is 18.5 Å². The van der Waals surface area contributed by atoms with Crippen LogP contribution in [-0.2, 0) is 24.3 Å². The van der Waals surface area contributed by atoms with Gasteiger partial charge in [0.15, 0.2) is 0 Å². The van der Waals surface area contributed by atoms with E-state index < -0.39 is 0 Å². The van der Waals surface area contributed by atoms with Crippen molar-refractivity contribution in [2.45, 2.75) is 38.8 Å². The van der Waals surface area contributed by atoms with E-state index in [0.29, 0.717) is 5.92 Å². The van der Waals surface area contributed by atoms with Gasteiger partial charge in [-0.2, -0.15) is 0 Å². The number of amides is 1. The Morgan fingerprint density at radius 2 is 1.96 bits per heavy atom. The van der Waals surface area contributed by atoms with E-state index in [0.717, 1.165) is 63.8 Å². The predicted molar refractivity (Wildman–Crippen MR) is 95.1 cm³/mol. The Kier molecular flexibility index (Phi) is 4.53. The zero-order chi connectivity index (χ0) is 17.2. The normalized spacial score (nSPS) is 21.2. The van der Waals surface area contributed by atoms with Crippen LogP contribution in [0.3, 0.4) is 0 Å². The molecule has 0 bridgehead atoms. The highest BCUT2D eigenvalue weighted by Gasteiger charge is 2.30. The molecule has 1 unspecified atom stereocenters. The SMILES string of the molecule is CC(=O)N1CCc2nnc(C3CCN(Cc4ccccc4)C3)n2CC1. The Bertz CT molecular complexity index is 742. The standard InChI is InChI=1S/C19H25N5O/c1-15(25)23-10-8-18-20-21-19(24(18)12-11-23)17-7-9-22(14-17)13-16-5-3-2-4-6-16/h2-6,17H,7-14H2,1H3. The van der Waals surface area contributed by atoms with Gasteiger partial charge >= 0.3 is 0 Å². The van der Waals surface area contributed by atoms with E-state index in [2.05, 4.69) is 50.0 Å². The molecule has 0 spiro atoms. The van der Waals surface area contributed by atoms with Crippen LogP contribution in [-0.4, -0.2) is 56.7 Å². The second-order valence-corrected chi connectivity index (χ2v) is 7.09. The number of fused-ring (bicyclic) bond motifs is 1. The lowest BCUT2D eigenvalue weighted by atomic mass is 10.1. The summed E-state index contributed by atoms with van der Waals surface area (Å²) in [5, 5.41) is 8.94. The third kappa shape index (κ3) is 3.44. The molecule has 1 fully saturated rings. The molecule has 0 saturated carbocycles. The third-order valence-corrected chi connectivity index (χ3v) is 5.39. The summed E-state index contributed by atoms with van der Waals surface area (Å²) in [4.78, 5) is 16.1. The highest BCUT2D eigenvalue weighted by molar-refractivity contribution is 5.73. The van der Waals surface area contributed by atoms with Crippen LogP contribution >= 0.6 is 0 Å². The highest BCUT2D eigenvalue weighted by atomic mass is 16.2. The summed E-state index contributed by atoms with van der Waals surface area (Å²) < 4.78 is 2.26. The maximum absolute atomic E-state index is 11.7. The van der Waals surface area contributed by atoms with Gasteiger partial charge < -0.3 is 9.47 Å². The monoisotopic (exact) mass is 339 g/mol. The van der Waals surface area contributed by atoms with Gasteiger partial charge in [0.1, 0.15) is 11.6 Å². The van der Waals surface area contributed by atoms with Crippen molar-refractivity contribution in [3.63, 3.8) is 0 Å². The maximum Gasteiger partial charge on any atom is 0.219 e. The molecule has 0 aliphatic carbocycles. The van der Waals surface area contributed by atoms with Crippen LogP contribution in [0.15, 0.2) is 30.3 Å². The average molecular weight is 339 g/mol. The van der Waals surface area contributed by atoms with E-state index in [1.807, 2.05) is 4.90 Å². The minimum atomic E-state index is 0.148. The van der Waals surface area contributed by atoms with Gasteiger partial charge in [0, 0.05) is 52.0 Å². The number of rotatable bonds is 3. The fraction of sp³-hybridized carbons (Fsp3) is 0.526. The van der Waals surface area contributed by atoms with E-state index in [1.54, 1.807) is 6.92 Å². The molecule has 1 atom stereocenters. The van der Waals surface area contributed by atoms with Gasteiger partial charge in [0.05, 0.1) is 0 Å². The maximum atomic E-state index is 11.7. The second-order valence-electron chi connectivity index (χ2n) is 7.09. The van der Waals surface area contributed by atoms with Gasteiger partial charge in [-0.15, -0.1) is 10.2 Å². The van der Waals surface area contributed by atoms with Crippen LogP contribution in [0.4, 0.5) is 0 Å². The number of aromatic nitrogens is 3. The lowest BCUT2D eigenvalue weighted by Gasteiger charge is -2.18. The largest absolute Gasteiger partial charge is 0.341 e. The minimum Gasteiger partial charge on any atom is -0.341 e. The highest BCUT2D eigenvalue weighted by Crippen LogP contribution is 2.28. The molecule has 2 aliphatic rings. The number of carbonyl (C=O) groups is 1. The number of benzene rings is 1. The Morgan fingerprint density at radius 1 is 1.12 bits per heavy atom. The number of hydrogen-bond donors (Lipinski definition) is 0. The molecule has 1 aromatic heterocycles. The molecule has 2 aromatic rings. The quantitative estimate of drug-likeness (QED) is 0.854. The number of carbonyl (C=O) groups excluding carboxylic acids is 1. The Balaban J connectivity index is 1.44. The van der Waals surface area contributed by atoms with Crippen molar-refractivity contribution in [3.05, 3.63) is 47.5 Å². The number of nitrogens with zero attached hydrogens (tertiary/aromatic N) is 5. The van der Waals surface area contributed by atoms with Crippen LogP contribution in [0.2, 0.25) is 0 Å². The van der Waals surface area contributed by atoms with Crippen LogP contribution < -0.4 is 0 Å². The van der Waals surface area contributed by atoms with Crippen LogP contribution in [0.1, 0.15) is 36.5 Å². The molecular formula is C19H25N5O.